The summed E-state index contributed by atoms with van der Waals surface area (Å²) in [6, 6.07) is 0.299. The van der Waals surface area contributed by atoms with Crippen LogP contribution in [0.2, 0.25) is 0 Å². The van der Waals surface area contributed by atoms with Gasteiger partial charge in [-0.2, -0.15) is 0 Å². The first-order valence-corrected chi connectivity index (χ1v) is 6.26. The fourth-order valence-corrected chi connectivity index (χ4v) is 2.20. The summed E-state index contributed by atoms with van der Waals surface area (Å²) < 4.78 is 5.68. The molecule has 1 amide bonds. The van der Waals surface area contributed by atoms with Crippen LogP contribution in [0.5, 0.6) is 0 Å². The van der Waals surface area contributed by atoms with Crippen LogP contribution in [0.3, 0.4) is 0 Å². The highest BCUT2D eigenvalue weighted by Crippen LogP contribution is 2.18. The van der Waals surface area contributed by atoms with Crippen molar-refractivity contribution in [2.45, 2.75) is 57.7 Å². The second kappa shape index (κ2) is 6.86. The number of hydrogen-bond donors (Lipinski definition) is 2. The molecule has 1 fully saturated rings. The van der Waals surface area contributed by atoms with Crippen LogP contribution >= 0.6 is 0 Å². The summed E-state index contributed by atoms with van der Waals surface area (Å²) in [5, 5.41) is 6.02. The molecule has 1 aliphatic rings. The lowest BCUT2D eigenvalue weighted by Gasteiger charge is -2.31. The summed E-state index contributed by atoms with van der Waals surface area (Å²) in [5.74, 6) is 0.0542. The van der Waals surface area contributed by atoms with Gasteiger partial charge in [0.1, 0.15) is 0 Å². The lowest BCUT2D eigenvalue weighted by atomic mass is 9.99. The molecule has 0 radical (unpaired) electrons. The third-order valence-electron chi connectivity index (χ3n) is 3.10. The molecule has 3 atom stereocenters. The molecule has 0 bridgehead atoms. The van der Waals surface area contributed by atoms with Gasteiger partial charge in [0.25, 0.3) is 0 Å². The number of rotatable bonds is 5. The predicted octanol–water partition coefficient (Wildman–Crippen LogP) is 1.06. The number of carbonyl (C=O) groups excluding carboxylic acids is 1. The molecule has 4 nitrogen and oxygen atoms in total. The Morgan fingerprint density at radius 2 is 2.31 bits per heavy atom. The van der Waals surface area contributed by atoms with Crippen LogP contribution < -0.4 is 10.6 Å². The minimum absolute atomic E-state index is 0.0542. The number of ether oxygens (including phenoxy) is 1. The molecule has 2 N–H and O–H groups in total. The monoisotopic (exact) mass is 228 g/mol. The van der Waals surface area contributed by atoms with E-state index in [4.69, 9.17) is 4.74 Å². The van der Waals surface area contributed by atoms with Gasteiger partial charge in [-0.25, -0.2) is 0 Å². The van der Waals surface area contributed by atoms with E-state index in [1.54, 1.807) is 7.05 Å². The van der Waals surface area contributed by atoms with Crippen LogP contribution in [-0.4, -0.2) is 37.7 Å². The summed E-state index contributed by atoms with van der Waals surface area (Å²) in [7, 11) is 1.67. The van der Waals surface area contributed by atoms with Crippen molar-refractivity contribution in [1.29, 1.82) is 0 Å². The maximum absolute atomic E-state index is 11.4. The largest absolute Gasteiger partial charge is 0.378 e. The fourth-order valence-electron chi connectivity index (χ4n) is 2.20. The van der Waals surface area contributed by atoms with Crippen LogP contribution in [-0.2, 0) is 9.53 Å². The average Bonchev–Trinajstić information content (AvgIpc) is 2.29. The van der Waals surface area contributed by atoms with Crippen molar-refractivity contribution in [3.63, 3.8) is 0 Å². The van der Waals surface area contributed by atoms with Crippen molar-refractivity contribution in [3.8, 4) is 0 Å². The summed E-state index contributed by atoms with van der Waals surface area (Å²) in [6.45, 7) is 4.89. The van der Waals surface area contributed by atoms with E-state index in [9.17, 15) is 4.79 Å². The Morgan fingerprint density at radius 1 is 1.56 bits per heavy atom. The number of nitrogens with one attached hydrogen (secondary N) is 2. The molecule has 1 saturated heterocycles. The molecule has 0 spiro atoms. The Kier molecular flexibility index (Phi) is 5.77. The van der Waals surface area contributed by atoms with E-state index in [1.165, 1.54) is 0 Å². The molecule has 16 heavy (non-hydrogen) atoms. The van der Waals surface area contributed by atoms with Gasteiger partial charge in [0, 0.05) is 19.7 Å². The Morgan fingerprint density at radius 3 is 2.94 bits per heavy atom. The topological polar surface area (TPSA) is 50.4 Å². The van der Waals surface area contributed by atoms with Gasteiger partial charge in [-0.3, -0.25) is 4.79 Å². The maximum Gasteiger partial charge on any atom is 0.236 e. The van der Waals surface area contributed by atoms with Crippen molar-refractivity contribution in [2.24, 2.45) is 0 Å². The lowest BCUT2D eigenvalue weighted by molar-refractivity contribution is -0.122. The molecule has 94 valence electrons. The van der Waals surface area contributed by atoms with Gasteiger partial charge < -0.3 is 15.4 Å². The van der Waals surface area contributed by atoms with Crippen LogP contribution in [0.15, 0.2) is 0 Å². The van der Waals surface area contributed by atoms with Crippen molar-refractivity contribution in [3.05, 3.63) is 0 Å². The van der Waals surface area contributed by atoms with Gasteiger partial charge in [-0.1, -0.05) is 13.3 Å². The Hall–Kier alpha value is -0.610. The molecular weight excluding hydrogens is 204 g/mol. The fraction of sp³-hybridized carbons (Fsp3) is 0.917. The first-order chi connectivity index (χ1) is 7.67. The van der Waals surface area contributed by atoms with Gasteiger partial charge in [-0.05, 0) is 26.2 Å². The molecule has 2 unspecified atom stereocenters. The molecule has 1 heterocycles. The van der Waals surface area contributed by atoms with E-state index in [-0.39, 0.29) is 11.9 Å². The maximum atomic E-state index is 11.4. The Labute approximate surface area is 98.1 Å². The highest BCUT2D eigenvalue weighted by molar-refractivity contribution is 5.80. The predicted molar refractivity (Wildman–Crippen MR) is 64.3 cm³/mol. The van der Waals surface area contributed by atoms with E-state index in [1.807, 2.05) is 6.92 Å². The second-order valence-electron chi connectivity index (χ2n) is 4.51. The van der Waals surface area contributed by atoms with Gasteiger partial charge in [-0.15, -0.1) is 0 Å². The smallest absolute Gasteiger partial charge is 0.236 e. The van der Waals surface area contributed by atoms with Crippen LogP contribution in [0.25, 0.3) is 0 Å². The van der Waals surface area contributed by atoms with Crippen molar-refractivity contribution in [2.75, 3.05) is 13.7 Å². The SMILES string of the molecule is CCCC1CC(N[C@H](C)C(=O)NC)CCO1. The second-order valence-corrected chi connectivity index (χ2v) is 4.51. The van der Waals surface area contributed by atoms with Crippen molar-refractivity contribution in [1.82, 2.24) is 10.6 Å². The molecule has 4 heteroatoms. The van der Waals surface area contributed by atoms with E-state index >= 15 is 0 Å². The van der Waals surface area contributed by atoms with E-state index in [0.29, 0.717) is 12.1 Å². The number of likely N-dealkylation sites (N-methyl/N-ethyl adjacent to an activating group) is 1. The van der Waals surface area contributed by atoms with Crippen molar-refractivity contribution < 1.29 is 9.53 Å². The minimum Gasteiger partial charge on any atom is -0.378 e. The molecule has 0 aromatic rings. The standard InChI is InChI=1S/C12H24N2O2/c1-4-5-11-8-10(6-7-16-11)14-9(2)12(15)13-3/h9-11,14H,4-8H2,1-3H3,(H,13,15)/t9-,10?,11?/m1/s1. The first kappa shape index (κ1) is 13.5. The zero-order chi connectivity index (χ0) is 12.0. The zero-order valence-electron chi connectivity index (χ0n) is 10.6. The Balaban J connectivity index is 2.33. The van der Waals surface area contributed by atoms with Crippen LogP contribution in [0, 0.1) is 0 Å². The summed E-state index contributed by atoms with van der Waals surface area (Å²) >= 11 is 0. The molecular formula is C12H24N2O2. The van der Waals surface area contributed by atoms with E-state index in [2.05, 4.69) is 17.6 Å². The molecule has 1 rings (SSSR count). The molecule has 0 aliphatic carbocycles. The highest BCUT2D eigenvalue weighted by atomic mass is 16.5. The summed E-state index contributed by atoms with van der Waals surface area (Å²) in [6.07, 6.45) is 4.67. The quantitative estimate of drug-likeness (QED) is 0.739. The summed E-state index contributed by atoms with van der Waals surface area (Å²) in [4.78, 5) is 11.4. The summed E-state index contributed by atoms with van der Waals surface area (Å²) in [5.41, 5.74) is 0. The Bertz CT molecular complexity index is 219. The van der Waals surface area contributed by atoms with Gasteiger partial charge in [0.2, 0.25) is 5.91 Å². The van der Waals surface area contributed by atoms with Crippen LogP contribution in [0.1, 0.15) is 39.5 Å². The van der Waals surface area contributed by atoms with Gasteiger partial charge >= 0.3 is 0 Å². The third-order valence-corrected chi connectivity index (χ3v) is 3.10. The third kappa shape index (κ3) is 4.10. The molecule has 0 saturated carbocycles. The normalized spacial score (nSPS) is 27.4. The number of carbonyl (C=O) groups is 1. The number of hydrogen-bond acceptors (Lipinski definition) is 3. The molecule has 1 aliphatic heterocycles. The van der Waals surface area contributed by atoms with E-state index in [0.717, 1.165) is 32.3 Å². The van der Waals surface area contributed by atoms with Gasteiger partial charge in [0.05, 0.1) is 12.1 Å². The van der Waals surface area contributed by atoms with Crippen LogP contribution in [0.4, 0.5) is 0 Å². The van der Waals surface area contributed by atoms with Crippen molar-refractivity contribution >= 4 is 5.91 Å². The van der Waals surface area contributed by atoms with Gasteiger partial charge in [0.15, 0.2) is 0 Å². The zero-order valence-corrected chi connectivity index (χ0v) is 10.6. The number of amides is 1. The first-order valence-electron chi connectivity index (χ1n) is 6.26. The highest BCUT2D eigenvalue weighted by Gasteiger charge is 2.24. The minimum atomic E-state index is -0.115. The van der Waals surface area contributed by atoms with E-state index < -0.39 is 0 Å². The lowest BCUT2D eigenvalue weighted by Crippen LogP contribution is -2.48. The molecule has 0 aromatic heterocycles. The molecule has 0 aromatic carbocycles. The average molecular weight is 228 g/mol.